The minimum absolute atomic E-state index is 0.713. The third-order valence-corrected chi connectivity index (χ3v) is 3.15. The zero-order chi connectivity index (χ0) is 13.8. The van der Waals surface area contributed by atoms with Crippen LogP contribution in [0.25, 0.3) is 11.3 Å². The summed E-state index contributed by atoms with van der Waals surface area (Å²) in [7, 11) is 0. The van der Waals surface area contributed by atoms with Crippen molar-refractivity contribution in [1.29, 1.82) is 0 Å². The van der Waals surface area contributed by atoms with Crippen molar-refractivity contribution in [2.45, 2.75) is 13.0 Å². The van der Waals surface area contributed by atoms with Crippen LogP contribution in [0.4, 0.5) is 0 Å². The van der Waals surface area contributed by atoms with Crippen LogP contribution in [0.2, 0.25) is 0 Å². The monoisotopic (exact) mass is 263 g/mol. The molecule has 0 N–H and O–H groups in total. The van der Waals surface area contributed by atoms with Gasteiger partial charge in [-0.25, -0.2) is 4.68 Å². The van der Waals surface area contributed by atoms with Crippen molar-refractivity contribution in [2.24, 2.45) is 0 Å². The van der Waals surface area contributed by atoms with Crippen molar-refractivity contribution in [2.75, 3.05) is 0 Å². The Morgan fingerprint density at radius 1 is 1.05 bits per heavy atom. The first-order valence-electron chi connectivity index (χ1n) is 6.53. The maximum Gasteiger partial charge on any atom is 0.114 e. The van der Waals surface area contributed by atoms with Gasteiger partial charge in [-0.1, -0.05) is 29.5 Å². The number of benzene rings is 1. The Hall–Kier alpha value is -2.49. The Kier molecular flexibility index (Phi) is 3.54. The van der Waals surface area contributed by atoms with Gasteiger partial charge in [0.2, 0.25) is 0 Å². The molecular formula is C16H15N4. The summed E-state index contributed by atoms with van der Waals surface area (Å²) in [6, 6.07) is 12.3. The largest absolute Gasteiger partial charge is 0.264 e. The van der Waals surface area contributed by atoms with Gasteiger partial charge in [0.1, 0.15) is 5.69 Å². The first-order valence-corrected chi connectivity index (χ1v) is 6.53. The molecule has 1 radical (unpaired) electrons. The van der Waals surface area contributed by atoms with Crippen molar-refractivity contribution < 1.29 is 0 Å². The molecule has 0 aliphatic rings. The van der Waals surface area contributed by atoms with Crippen molar-refractivity contribution >= 4 is 0 Å². The molecule has 3 aromatic rings. The van der Waals surface area contributed by atoms with Gasteiger partial charge in [-0.3, -0.25) is 4.98 Å². The zero-order valence-corrected chi connectivity index (χ0v) is 11.1. The van der Waals surface area contributed by atoms with Crippen LogP contribution in [0.1, 0.15) is 11.1 Å². The molecule has 0 bridgehead atoms. The number of hydrogen-bond donors (Lipinski definition) is 0. The van der Waals surface area contributed by atoms with Crippen LogP contribution in [-0.2, 0) is 13.0 Å². The van der Waals surface area contributed by atoms with E-state index in [-0.39, 0.29) is 0 Å². The highest BCUT2D eigenvalue weighted by Crippen LogP contribution is 2.14. The second-order valence-electron chi connectivity index (χ2n) is 4.61. The normalized spacial score (nSPS) is 10.7. The molecule has 0 aliphatic heterocycles. The number of rotatable bonds is 4. The van der Waals surface area contributed by atoms with E-state index < -0.39 is 0 Å². The SMILES string of the molecule is [CH2]Cc1ccc(Cn2cc(-c3cccnc3)nn2)cc1. The lowest BCUT2D eigenvalue weighted by Crippen LogP contribution is -2.00. The van der Waals surface area contributed by atoms with E-state index in [9.17, 15) is 0 Å². The Balaban J connectivity index is 1.77. The summed E-state index contributed by atoms with van der Waals surface area (Å²) in [5.74, 6) is 0. The number of hydrogen-bond acceptors (Lipinski definition) is 3. The molecule has 4 heteroatoms. The molecule has 0 spiro atoms. The molecular weight excluding hydrogens is 248 g/mol. The summed E-state index contributed by atoms with van der Waals surface area (Å²) in [6.07, 6.45) is 6.29. The van der Waals surface area contributed by atoms with Gasteiger partial charge in [-0.2, -0.15) is 0 Å². The van der Waals surface area contributed by atoms with Gasteiger partial charge < -0.3 is 0 Å². The summed E-state index contributed by atoms with van der Waals surface area (Å²) < 4.78 is 1.83. The summed E-state index contributed by atoms with van der Waals surface area (Å²) in [5.41, 5.74) is 4.26. The second-order valence-corrected chi connectivity index (χ2v) is 4.61. The van der Waals surface area contributed by atoms with E-state index in [0.29, 0.717) is 6.54 Å². The summed E-state index contributed by atoms with van der Waals surface area (Å²) in [6.45, 7) is 4.59. The van der Waals surface area contributed by atoms with Crippen LogP contribution < -0.4 is 0 Å². The molecule has 0 saturated carbocycles. The van der Waals surface area contributed by atoms with E-state index in [1.807, 2.05) is 23.0 Å². The fourth-order valence-corrected chi connectivity index (χ4v) is 2.02. The Morgan fingerprint density at radius 2 is 1.85 bits per heavy atom. The predicted molar refractivity (Wildman–Crippen MR) is 77.9 cm³/mol. The van der Waals surface area contributed by atoms with E-state index in [1.54, 1.807) is 12.4 Å². The molecule has 4 nitrogen and oxygen atoms in total. The van der Waals surface area contributed by atoms with Crippen molar-refractivity contribution in [3.05, 3.63) is 73.0 Å². The van der Waals surface area contributed by atoms with Crippen molar-refractivity contribution in [3.63, 3.8) is 0 Å². The molecule has 0 saturated heterocycles. The lowest BCUT2D eigenvalue weighted by molar-refractivity contribution is 0.649. The molecule has 20 heavy (non-hydrogen) atoms. The van der Waals surface area contributed by atoms with E-state index in [4.69, 9.17) is 0 Å². The number of pyridine rings is 1. The van der Waals surface area contributed by atoms with Crippen LogP contribution in [0.15, 0.2) is 55.0 Å². The highest BCUT2D eigenvalue weighted by molar-refractivity contribution is 5.55. The molecule has 2 aromatic heterocycles. The van der Waals surface area contributed by atoms with Gasteiger partial charge in [-0.05, 0) is 36.6 Å². The van der Waals surface area contributed by atoms with E-state index in [0.717, 1.165) is 17.7 Å². The minimum Gasteiger partial charge on any atom is -0.264 e. The lowest BCUT2D eigenvalue weighted by Gasteiger charge is -2.02. The zero-order valence-electron chi connectivity index (χ0n) is 11.1. The fourth-order valence-electron chi connectivity index (χ4n) is 2.02. The van der Waals surface area contributed by atoms with Gasteiger partial charge in [-0.15, -0.1) is 5.10 Å². The topological polar surface area (TPSA) is 43.6 Å². The van der Waals surface area contributed by atoms with Crippen LogP contribution in [0.5, 0.6) is 0 Å². The second kappa shape index (κ2) is 5.65. The quantitative estimate of drug-likeness (QED) is 0.727. The average Bonchev–Trinajstić information content (AvgIpc) is 2.97. The highest BCUT2D eigenvalue weighted by atomic mass is 15.4. The molecule has 0 aliphatic carbocycles. The van der Waals surface area contributed by atoms with Gasteiger partial charge >= 0.3 is 0 Å². The molecule has 0 amide bonds. The van der Waals surface area contributed by atoms with E-state index in [1.165, 1.54) is 11.1 Å². The van der Waals surface area contributed by atoms with E-state index >= 15 is 0 Å². The molecule has 2 heterocycles. The smallest absolute Gasteiger partial charge is 0.114 e. The first-order chi connectivity index (χ1) is 9.85. The Bertz CT molecular complexity index is 671. The molecule has 3 rings (SSSR count). The van der Waals surface area contributed by atoms with Gasteiger partial charge in [0.15, 0.2) is 0 Å². The molecule has 0 fully saturated rings. The predicted octanol–water partition coefficient (Wildman–Crippen LogP) is 2.76. The van der Waals surface area contributed by atoms with Crippen molar-refractivity contribution in [1.82, 2.24) is 20.0 Å². The fraction of sp³-hybridized carbons (Fsp3) is 0.125. The standard InChI is InChI=1S/C16H15N4/c1-2-13-5-7-14(8-6-13)11-20-12-16(18-19-20)15-4-3-9-17-10-15/h3-10,12H,1-2,11H2. The molecule has 0 atom stereocenters. The molecule has 99 valence electrons. The molecule has 0 unspecified atom stereocenters. The van der Waals surface area contributed by atoms with Gasteiger partial charge in [0.05, 0.1) is 12.7 Å². The highest BCUT2D eigenvalue weighted by Gasteiger charge is 2.04. The van der Waals surface area contributed by atoms with Crippen LogP contribution in [0.3, 0.4) is 0 Å². The molecule has 1 aromatic carbocycles. The van der Waals surface area contributed by atoms with Crippen LogP contribution >= 0.6 is 0 Å². The Labute approximate surface area is 118 Å². The van der Waals surface area contributed by atoms with E-state index in [2.05, 4.69) is 46.5 Å². The number of aromatic nitrogens is 4. The van der Waals surface area contributed by atoms with Crippen LogP contribution in [-0.4, -0.2) is 20.0 Å². The van der Waals surface area contributed by atoms with Gasteiger partial charge in [0.25, 0.3) is 0 Å². The van der Waals surface area contributed by atoms with Crippen LogP contribution in [0, 0.1) is 6.92 Å². The first kappa shape index (κ1) is 12.5. The summed E-state index contributed by atoms with van der Waals surface area (Å²) in [4.78, 5) is 4.09. The third-order valence-electron chi connectivity index (χ3n) is 3.15. The lowest BCUT2D eigenvalue weighted by atomic mass is 10.1. The third kappa shape index (κ3) is 2.74. The summed E-state index contributed by atoms with van der Waals surface area (Å²) in [5, 5.41) is 8.34. The summed E-state index contributed by atoms with van der Waals surface area (Å²) >= 11 is 0. The Morgan fingerprint density at radius 3 is 2.55 bits per heavy atom. The number of nitrogens with zero attached hydrogens (tertiary/aromatic N) is 4. The maximum absolute atomic E-state index is 4.18. The van der Waals surface area contributed by atoms with Gasteiger partial charge in [0, 0.05) is 18.0 Å². The van der Waals surface area contributed by atoms with Crippen molar-refractivity contribution in [3.8, 4) is 11.3 Å². The average molecular weight is 263 g/mol. The maximum atomic E-state index is 4.18. The minimum atomic E-state index is 0.713.